The first-order chi connectivity index (χ1) is 11.7. The normalized spacial score (nSPS) is 12.5. The summed E-state index contributed by atoms with van der Waals surface area (Å²) < 4.78 is 25.7. The summed E-state index contributed by atoms with van der Waals surface area (Å²) in [4.78, 5) is 12.5. The molecule has 2 rings (SSSR count). The van der Waals surface area contributed by atoms with Crippen molar-refractivity contribution in [3.63, 3.8) is 0 Å². The average Bonchev–Trinajstić information content (AvgIpc) is 2.55. The van der Waals surface area contributed by atoms with E-state index in [9.17, 15) is 13.2 Å². The zero-order valence-corrected chi connectivity index (χ0v) is 15.9. The van der Waals surface area contributed by atoms with Gasteiger partial charge in [-0.1, -0.05) is 48.0 Å². The fraction of sp³-hybridized carbons (Fsp3) is 0.278. The van der Waals surface area contributed by atoms with Crippen LogP contribution in [0.2, 0.25) is 5.02 Å². The average molecular weight is 381 g/mol. The Morgan fingerprint density at radius 1 is 1.20 bits per heavy atom. The molecule has 2 aromatic rings. The van der Waals surface area contributed by atoms with Crippen molar-refractivity contribution >= 4 is 33.2 Å². The Bertz CT molecular complexity index is 854. The van der Waals surface area contributed by atoms with Crippen LogP contribution in [0.1, 0.15) is 18.1 Å². The predicted octanol–water partition coefficient (Wildman–Crippen LogP) is 3.12. The minimum Gasteiger partial charge on any atom is -0.350 e. The third-order valence-corrected chi connectivity index (χ3v) is 5.27. The Hall–Kier alpha value is -2.05. The molecule has 0 aliphatic rings. The number of hydrogen-bond acceptors (Lipinski definition) is 3. The lowest BCUT2D eigenvalue weighted by molar-refractivity contribution is -0.122. The standard InChI is InChI=1S/C18H21ClN2O3S/c1-13-9-10-16(19)11-17(13)21(25(3,23)24)14(2)18(22)20-12-15-7-5-4-6-8-15/h4-11,14H,12H2,1-3H3,(H,20,22)/t14-/m1/s1. The molecule has 0 aliphatic heterocycles. The number of sulfonamides is 1. The number of carbonyl (C=O) groups is 1. The van der Waals surface area contributed by atoms with Crippen molar-refractivity contribution in [3.8, 4) is 0 Å². The van der Waals surface area contributed by atoms with E-state index in [0.717, 1.165) is 21.7 Å². The molecule has 0 aromatic heterocycles. The highest BCUT2D eigenvalue weighted by Gasteiger charge is 2.30. The molecule has 1 atom stereocenters. The molecular formula is C18H21ClN2O3S. The number of benzene rings is 2. The van der Waals surface area contributed by atoms with Crippen molar-refractivity contribution in [1.82, 2.24) is 5.32 Å². The number of nitrogens with one attached hydrogen (secondary N) is 1. The van der Waals surface area contributed by atoms with E-state index in [4.69, 9.17) is 11.6 Å². The van der Waals surface area contributed by atoms with Gasteiger partial charge in [0.1, 0.15) is 6.04 Å². The molecule has 134 valence electrons. The number of aryl methyl sites for hydroxylation is 1. The van der Waals surface area contributed by atoms with Crippen LogP contribution in [-0.4, -0.2) is 26.6 Å². The van der Waals surface area contributed by atoms with E-state index in [0.29, 0.717) is 17.3 Å². The van der Waals surface area contributed by atoms with Gasteiger partial charge in [-0.25, -0.2) is 8.42 Å². The number of carbonyl (C=O) groups excluding carboxylic acids is 1. The molecule has 0 spiro atoms. The Morgan fingerprint density at radius 3 is 2.44 bits per heavy atom. The van der Waals surface area contributed by atoms with Crippen molar-refractivity contribution in [1.29, 1.82) is 0 Å². The van der Waals surface area contributed by atoms with E-state index in [-0.39, 0.29) is 5.91 Å². The van der Waals surface area contributed by atoms with Crippen LogP contribution in [0.3, 0.4) is 0 Å². The van der Waals surface area contributed by atoms with Gasteiger partial charge in [0.25, 0.3) is 0 Å². The van der Waals surface area contributed by atoms with Crippen LogP contribution in [0.15, 0.2) is 48.5 Å². The van der Waals surface area contributed by atoms with Crippen LogP contribution in [0, 0.1) is 6.92 Å². The summed E-state index contributed by atoms with van der Waals surface area (Å²) in [6.45, 7) is 3.66. The quantitative estimate of drug-likeness (QED) is 0.837. The van der Waals surface area contributed by atoms with Crippen LogP contribution in [0.25, 0.3) is 0 Å². The highest BCUT2D eigenvalue weighted by atomic mass is 35.5. The monoisotopic (exact) mass is 380 g/mol. The number of anilines is 1. The molecule has 0 bridgehead atoms. The van der Waals surface area contributed by atoms with Gasteiger partial charge < -0.3 is 5.32 Å². The molecule has 1 N–H and O–H groups in total. The molecule has 0 radical (unpaired) electrons. The van der Waals surface area contributed by atoms with Gasteiger partial charge in [0, 0.05) is 11.6 Å². The second-order valence-corrected chi connectivity index (χ2v) is 8.16. The van der Waals surface area contributed by atoms with E-state index in [2.05, 4.69) is 5.32 Å². The number of hydrogen-bond donors (Lipinski definition) is 1. The molecule has 0 aliphatic carbocycles. The fourth-order valence-electron chi connectivity index (χ4n) is 2.53. The summed E-state index contributed by atoms with van der Waals surface area (Å²) in [7, 11) is -3.67. The first kappa shape index (κ1) is 19.3. The van der Waals surface area contributed by atoms with Gasteiger partial charge in [0.15, 0.2) is 0 Å². The van der Waals surface area contributed by atoms with Gasteiger partial charge in [-0.3, -0.25) is 9.10 Å². The first-order valence-corrected chi connectivity index (χ1v) is 10.00. The predicted molar refractivity (Wildman–Crippen MR) is 101 cm³/mol. The SMILES string of the molecule is Cc1ccc(Cl)cc1N([C@H](C)C(=O)NCc1ccccc1)S(C)(=O)=O. The van der Waals surface area contributed by atoms with Crippen molar-refractivity contribution in [3.05, 3.63) is 64.7 Å². The summed E-state index contributed by atoms with van der Waals surface area (Å²) in [6.07, 6.45) is 1.08. The molecule has 7 heteroatoms. The van der Waals surface area contributed by atoms with Crippen LogP contribution < -0.4 is 9.62 Å². The van der Waals surface area contributed by atoms with Crippen molar-refractivity contribution in [2.24, 2.45) is 0 Å². The number of halogens is 1. The zero-order chi connectivity index (χ0) is 18.6. The molecule has 0 saturated heterocycles. The van der Waals surface area contributed by atoms with Gasteiger partial charge >= 0.3 is 0 Å². The Morgan fingerprint density at radius 2 is 1.84 bits per heavy atom. The summed E-state index contributed by atoms with van der Waals surface area (Å²) in [6, 6.07) is 13.5. The van der Waals surface area contributed by atoms with E-state index >= 15 is 0 Å². The van der Waals surface area contributed by atoms with Crippen molar-refractivity contribution < 1.29 is 13.2 Å². The lowest BCUT2D eigenvalue weighted by Gasteiger charge is -2.29. The number of rotatable bonds is 6. The molecule has 0 saturated carbocycles. The molecule has 25 heavy (non-hydrogen) atoms. The minimum atomic E-state index is -3.67. The summed E-state index contributed by atoms with van der Waals surface area (Å²) >= 11 is 6.01. The van der Waals surface area contributed by atoms with Crippen LogP contribution in [0.5, 0.6) is 0 Å². The Balaban J connectivity index is 2.25. The third kappa shape index (κ3) is 4.96. The van der Waals surface area contributed by atoms with Gasteiger partial charge in [-0.2, -0.15) is 0 Å². The molecular weight excluding hydrogens is 360 g/mol. The second kappa shape index (κ2) is 7.89. The summed E-state index contributed by atoms with van der Waals surface area (Å²) in [5.74, 6) is -0.381. The topological polar surface area (TPSA) is 66.5 Å². The van der Waals surface area contributed by atoms with Gasteiger partial charge in [0.05, 0.1) is 11.9 Å². The fourth-order valence-corrected chi connectivity index (χ4v) is 3.92. The van der Waals surface area contributed by atoms with Crippen molar-refractivity contribution in [2.75, 3.05) is 10.6 Å². The molecule has 0 heterocycles. The first-order valence-electron chi connectivity index (χ1n) is 7.77. The summed E-state index contributed by atoms with van der Waals surface area (Å²) in [5.41, 5.74) is 2.06. The maximum atomic E-state index is 12.5. The molecule has 0 unspecified atom stereocenters. The molecule has 2 aromatic carbocycles. The van der Waals surface area contributed by atoms with E-state index in [1.54, 1.807) is 32.0 Å². The minimum absolute atomic E-state index is 0.330. The van der Waals surface area contributed by atoms with E-state index in [1.165, 1.54) is 0 Å². The highest BCUT2D eigenvalue weighted by molar-refractivity contribution is 7.92. The smallest absolute Gasteiger partial charge is 0.243 e. The van der Waals surface area contributed by atoms with E-state index in [1.807, 2.05) is 30.3 Å². The maximum absolute atomic E-state index is 12.5. The largest absolute Gasteiger partial charge is 0.350 e. The lowest BCUT2D eigenvalue weighted by atomic mass is 10.1. The molecule has 5 nitrogen and oxygen atoms in total. The van der Waals surface area contributed by atoms with Crippen molar-refractivity contribution in [2.45, 2.75) is 26.4 Å². The second-order valence-electron chi connectivity index (χ2n) is 5.87. The number of nitrogens with zero attached hydrogens (tertiary/aromatic N) is 1. The van der Waals surface area contributed by atoms with Gasteiger partial charge in [-0.05, 0) is 37.1 Å². The lowest BCUT2D eigenvalue weighted by Crippen LogP contribution is -2.48. The van der Waals surface area contributed by atoms with Gasteiger partial charge in [0.2, 0.25) is 15.9 Å². The van der Waals surface area contributed by atoms with Crippen LogP contribution in [0.4, 0.5) is 5.69 Å². The highest BCUT2D eigenvalue weighted by Crippen LogP contribution is 2.28. The van der Waals surface area contributed by atoms with Gasteiger partial charge in [-0.15, -0.1) is 0 Å². The van der Waals surface area contributed by atoms with Crippen LogP contribution >= 0.6 is 11.6 Å². The summed E-state index contributed by atoms with van der Waals surface area (Å²) in [5, 5.41) is 3.19. The zero-order valence-electron chi connectivity index (χ0n) is 14.4. The number of amides is 1. The Labute approximate surface area is 153 Å². The third-order valence-electron chi connectivity index (χ3n) is 3.81. The maximum Gasteiger partial charge on any atom is 0.243 e. The molecule has 1 amide bonds. The molecule has 0 fully saturated rings. The Kier molecular flexibility index (Phi) is 6.08. The van der Waals surface area contributed by atoms with Crippen LogP contribution in [-0.2, 0) is 21.4 Å². The van der Waals surface area contributed by atoms with E-state index < -0.39 is 16.1 Å².